The molecule has 0 spiro atoms. The summed E-state index contributed by atoms with van der Waals surface area (Å²) < 4.78 is 18.9. The Morgan fingerprint density at radius 1 is 1.20 bits per heavy atom. The topological polar surface area (TPSA) is 46.6 Å². The molecular weight excluding hydrogens is 345 g/mol. The van der Waals surface area contributed by atoms with E-state index in [-0.39, 0.29) is 17.1 Å². The van der Waals surface area contributed by atoms with E-state index in [1.165, 1.54) is 24.1 Å². The summed E-state index contributed by atoms with van der Waals surface area (Å²) in [6.07, 6.45) is 0. The van der Waals surface area contributed by atoms with Gasteiger partial charge in [-0.1, -0.05) is 35.4 Å². The van der Waals surface area contributed by atoms with E-state index in [2.05, 4.69) is 0 Å². The Bertz CT molecular complexity index is 787. The molecule has 0 N–H and O–H groups in total. The summed E-state index contributed by atoms with van der Waals surface area (Å²) in [5.74, 6) is -1.50. The quantitative estimate of drug-likeness (QED) is 0.756. The molecule has 1 amide bonds. The number of rotatable bonds is 5. The third-order valence-corrected chi connectivity index (χ3v) is 4.17. The summed E-state index contributed by atoms with van der Waals surface area (Å²) in [5, 5.41) is 0.243. The average molecular weight is 364 g/mol. The second-order valence-electron chi connectivity index (χ2n) is 5.84. The Kier molecular flexibility index (Phi) is 6.15. The smallest absolute Gasteiger partial charge is 0.338 e. The predicted octanol–water partition coefficient (Wildman–Crippen LogP) is 3.91. The fraction of sp³-hybridized carbons (Fsp3) is 0.263. The molecular formula is C19H19ClFNO3. The molecule has 0 aliphatic rings. The van der Waals surface area contributed by atoms with Crippen LogP contribution in [-0.4, -0.2) is 30.4 Å². The van der Waals surface area contributed by atoms with Crippen molar-refractivity contribution in [3.8, 4) is 0 Å². The van der Waals surface area contributed by atoms with Crippen LogP contribution < -0.4 is 0 Å². The van der Waals surface area contributed by atoms with E-state index in [0.717, 1.165) is 11.1 Å². The number of carbonyl (C=O) groups is 2. The first-order valence-electron chi connectivity index (χ1n) is 7.71. The number of halogens is 2. The van der Waals surface area contributed by atoms with Crippen molar-refractivity contribution in [2.75, 3.05) is 13.7 Å². The van der Waals surface area contributed by atoms with Crippen molar-refractivity contribution in [2.45, 2.75) is 20.4 Å². The van der Waals surface area contributed by atoms with Gasteiger partial charge in [-0.25, -0.2) is 9.18 Å². The minimum Gasteiger partial charge on any atom is -0.452 e. The highest BCUT2D eigenvalue weighted by Gasteiger charge is 2.17. The molecule has 25 heavy (non-hydrogen) atoms. The number of hydrogen-bond donors (Lipinski definition) is 0. The molecule has 6 heteroatoms. The van der Waals surface area contributed by atoms with Crippen LogP contribution in [-0.2, 0) is 16.1 Å². The van der Waals surface area contributed by atoms with E-state index in [0.29, 0.717) is 5.56 Å². The summed E-state index contributed by atoms with van der Waals surface area (Å²) in [6, 6.07) is 9.66. The second-order valence-corrected chi connectivity index (χ2v) is 6.25. The van der Waals surface area contributed by atoms with Gasteiger partial charge in [0.05, 0.1) is 5.56 Å². The minimum atomic E-state index is -0.567. The van der Waals surface area contributed by atoms with Crippen molar-refractivity contribution in [2.24, 2.45) is 0 Å². The van der Waals surface area contributed by atoms with Gasteiger partial charge in [-0.2, -0.15) is 0 Å². The molecule has 4 nitrogen and oxygen atoms in total. The highest BCUT2D eigenvalue weighted by molar-refractivity contribution is 6.31. The van der Waals surface area contributed by atoms with Gasteiger partial charge >= 0.3 is 5.97 Å². The van der Waals surface area contributed by atoms with Crippen LogP contribution in [0.15, 0.2) is 36.4 Å². The maximum Gasteiger partial charge on any atom is 0.338 e. The van der Waals surface area contributed by atoms with E-state index in [9.17, 15) is 14.0 Å². The number of hydrogen-bond acceptors (Lipinski definition) is 3. The van der Waals surface area contributed by atoms with Crippen LogP contribution in [0.2, 0.25) is 5.02 Å². The van der Waals surface area contributed by atoms with Crippen LogP contribution in [0.1, 0.15) is 27.0 Å². The maximum atomic E-state index is 13.8. The van der Waals surface area contributed by atoms with Crippen molar-refractivity contribution in [3.63, 3.8) is 0 Å². The van der Waals surface area contributed by atoms with Gasteiger partial charge in [0.1, 0.15) is 5.82 Å². The van der Waals surface area contributed by atoms with Crippen molar-refractivity contribution < 1.29 is 18.7 Å². The van der Waals surface area contributed by atoms with Gasteiger partial charge in [-0.3, -0.25) is 4.79 Å². The number of likely N-dealkylation sites (N-methyl/N-ethyl adjacent to an activating group) is 1. The molecule has 0 aromatic heterocycles. The number of benzene rings is 2. The summed E-state index contributed by atoms with van der Waals surface area (Å²) in [5.41, 5.74) is 2.45. The first-order valence-corrected chi connectivity index (χ1v) is 8.08. The lowest BCUT2D eigenvalue weighted by molar-refractivity contribution is -0.133. The minimum absolute atomic E-state index is 0.00848. The fourth-order valence-electron chi connectivity index (χ4n) is 2.37. The van der Waals surface area contributed by atoms with Crippen molar-refractivity contribution in [3.05, 3.63) is 69.5 Å². The zero-order valence-electron chi connectivity index (χ0n) is 14.3. The molecule has 132 valence electrons. The van der Waals surface area contributed by atoms with Gasteiger partial charge < -0.3 is 9.64 Å². The molecule has 0 aliphatic carbocycles. The number of esters is 1. The van der Waals surface area contributed by atoms with Gasteiger partial charge in [0, 0.05) is 24.2 Å². The lowest BCUT2D eigenvalue weighted by atomic mass is 10.1. The van der Waals surface area contributed by atoms with Crippen LogP contribution in [0.3, 0.4) is 0 Å². The summed E-state index contributed by atoms with van der Waals surface area (Å²) in [4.78, 5) is 25.5. The van der Waals surface area contributed by atoms with Crippen LogP contribution in [0.4, 0.5) is 4.39 Å². The van der Waals surface area contributed by atoms with Gasteiger partial charge in [-0.05, 0) is 37.6 Å². The van der Waals surface area contributed by atoms with Gasteiger partial charge in [-0.15, -0.1) is 0 Å². The molecule has 2 rings (SSSR count). The molecule has 2 aromatic rings. The molecule has 0 radical (unpaired) electrons. The van der Waals surface area contributed by atoms with E-state index >= 15 is 0 Å². The summed E-state index contributed by atoms with van der Waals surface area (Å²) >= 11 is 5.95. The Balaban J connectivity index is 1.96. The Morgan fingerprint density at radius 3 is 2.56 bits per heavy atom. The molecule has 0 heterocycles. The van der Waals surface area contributed by atoms with Crippen LogP contribution in [0.5, 0.6) is 0 Å². The second kappa shape index (κ2) is 8.12. The lowest BCUT2D eigenvalue weighted by Crippen LogP contribution is -2.31. The van der Waals surface area contributed by atoms with Gasteiger partial charge in [0.2, 0.25) is 0 Å². The van der Waals surface area contributed by atoms with E-state index in [1.807, 2.05) is 13.0 Å². The van der Waals surface area contributed by atoms with E-state index < -0.39 is 24.3 Å². The first-order chi connectivity index (χ1) is 11.8. The van der Waals surface area contributed by atoms with E-state index in [4.69, 9.17) is 16.3 Å². The third-order valence-electron chi connectivity index (χ3n) is 3.81. The Labute approximate surface area is 151 Å². The normalized spacial score (nSPS) is 10.4. The zero-order chi connectivity index (χ0) is 18.6. The zero-order valence-corrected chi connectivity index (χ0v) is 15.1. The van der Waals surface area contributed by atoms with Crippen LogP contribution >= 0.6 is 11.6 Å². The SMILES string of the molecule is Cc1ccc(C(=O)OCC(=O)N(C)Cc2c(F)cccc2Cl)c(C)c1. The number of aryl methyl sites for hydroxylation is 2. The molecule has 0 atom stereocenters. The highest BCUT2D eigenvalue weighted by Crippen LogP contribution is 2.20. The van der Waals surface area contributed by atoms with Crippen LogP contribution in [0, 0.1) is 19.7 Å². The number of nitrogens with zero attached hydrogens (tertiary/aromatic N) is 1. The Morgan fingerprint density at radius 2 is 1.92 bits per heavy atom. The largest absolute Gasteiger partial charge is 0.452 e. The number of ether oxygens (including phenoxy) is 1. The lowest BCUT2D eigenvalue weighted by Gasteiger charge is -2.18. The first kappa shape index (κ1) is 18.9. The molecule has 0 aliphatic heterocycles. The molecule has 0 saturated heterocycles. The Hall–Kier alpha value is -2.40. The molecule has 2 aromatic carbocycles. The monoisotopic (exact) mass is 363 g/mol. The summed E-state index contributed by atoms with van der Waals surface area (Å²) in [7, 11) is 1.50. The number of amides is 1. The van der Waals surface area contributed by atoms with E-state index in [1.54, 1.807) is 25.1 Å². The van der Waals surface area contributed by atoms with Gasteiger partial charge in [0.25, 0.3) is 5.91 Å². The average Bonchev–Trinajstić information content (AvgIpc) is 2.55. The molecule has 0 fully saturated rings. The van der Waals surface area contributed by atoms with Gasteiger partial charge in [0.15, 0.2) is 6.61 Å². The standard InChI is InChI=1S/C19H19ClFNO3/c1-12-7-8-14(13(2)9-12)19(24)25-11-18(23)22(3)10-15-16(20)5-4-6-17(15)21/h4-9H,10-11H2,1-3H3. The van der Waals surface area contributed by atoms with Crippen molar-refractivity contribution in [1.82, 2.24) is 4.90 Å². The molecule has 0 saturated carbocycles. The fourth-order valence-corrected chi connectivity index (χ4v) is 2.59. The van der Waals surface area contributed by atoms with Crippen LogP contribution in [0.25, 0.3) is 0 Å². The highest BCUT2D eigenvalue weighted by atomic mass is 35.5. The predicted molar refractivity (Wildman–Crippen MR) is 94.1 cm³/mol. The number of carbonyl (C=O) groups excluding carboxylic acids is 2. The third kappa shape index (κ3) is 4.79. The van der Waals surface area contributed by atoms with Crippen molar-refractivity contribution >= 4 is 23.5 Å². The van der Waals surface area contributed by atoms with Crippen molar-refractivity contribution in [1.29, 1.82) is 0 Å². The summed E-state index contributed by atoms with van der Waals surface area (Å²) in [6.45, 7) is 3.30. The molecule has 0 unspecified atom stereocenters. The molecule has 0 bridgehead atoms. The maximum absolute atomic E-state index is 13.8.